The van der Waals surface area contributed by atoms with Crippen LogP contribution in [0.3, 0.4) is 0 Å². The molecule has 1 heterocycles. The van der Waals surface area contributed by atoms with Crippen molar-refractivity contribution in [2.75, 3.05) is 5.75 Å². The van der Waals surface area contributed by atoms with E-state index in [9.17, 15) is 19.2 Å². The third kappa shape index (κ3) is 9.17. The molecule has 24 heavy (non-hydrogen) atoms. The zero-order valence-electron chi connectivity index (χ0n) is 13.4. The molecule has 3 N–H and O–H groups in total. The minimum Gasteiger partial charge on any atom is -0.481 e. The molecular weight excluding hydrogens is 354 g/mol. The Hall–Kier alpha value is -1.22. The van der Waals surface area contributed by atoms with E-state index in [2.05, 4.69) is 5.32 Å². The monoisotopic (exact) mass is 377 g/mol. The Bertz CT molecular complexity index is 465. The first-order chi connectivity index (χ1) is 11.4. The topological polar surface area (TPSA) is 121 Å². The number of ketones is 1. The standard InChI is InChI=1S/C15H23NO6S2/c17-12(5-6-14(19)20)11(9-15(21)22)16-13(18)4-2-1-3-10-7-8-23-24-10/h10-11H,1-9H2,(H,16,18)(H,19,20)(H,21,22). The minimum atomic E-state index is -1.21. The van der Waals surface area contributed by atoms with E-state index in [1.165, 1.54) is 12.2 Å². The maximum absolute atomic E-state index is 11.9. The third-order valence-corrected chi connectivity index (χ3v) is 6.60. The zero-order chi connectivity index (χ0) is 17.9. The first-order valence-electron chi connectivity index (χ1n) is 7.92. The number of aliphatic carboxylic acids is 2. The summed E-state index contributed by atoms with van der Waals surface area (Å²) in [5, 5.41) is 20.5. The summed E-state index contributed by atoms with van der Waals surface area (Å²) < 4.78 is 0. The smallest absolute Gasteiger partial charge is 0.305 e. The minimum absolute atomic E-state index is 0.243. The highest BCUT2D eigenvalue weighted by atomic mass is 33.1. The molecule has 0 spiro atoms. The fraction of sp³-hybridized carbons (Fsp3) is 0.733. The summed E-state index contributed by atoms with van der Waals surface area (Å²) >= 11 is 0. The average molecular weight is 377 g/mol. The number of carboxylic acids is 2. The molecule has 0 aromatic rings. The van der Waals surface area contributed by atoms with E-state index in [1.54, 1.807) is 0 Å². The number of carboxylic acid groups (broad SMARTS) is 2. The normalized spacial score (nSPS) is 18.1. The number of rotatable bonds is 12. The lowest BCUT2D eigenvalue weighted by Gasteiger charge is -2.15. The summed E-state index contributed by atoms with van der Waals surface area (Å²) in [4.78, 5) is 45.1. The molecule has 1 saturated heterocycles. The fourth-order valence-electron chi connectivity index (χ4n) is 2.31. The number of hydrogen-bond donors (Lipinski definition) is 3. The quantitative estimate of drug-likeness (QED) is 0.349. The van der Waals surface area contributed by atoms with Crippen molar-refractivity contribution in [3.63, 3.8) is 0 Å². The average Bonchev–Trinajstić information content (AvgIpc) is 3.01. The van der Waals surface area contributed by atoms with Crippen molar-refractivity contribution in [2.45, 2.75) is 62.7 Å². The number of hydrogen-bond acceptors (Lipinski definition) is 6. The SMILES string of the molecule is O=C(O)CCC(=O)C(CC(=O)O)NC(=O)CCCCC1CCSS1. The first kappa shape index (κ1) is 20.8. The molecule has 1 fully saturated rings. The van der Waals surface area contributed by atoms with Gasteiger partial charge in [0.1, 0.15) is 0 Å². The van der Waals surface area contributed by atoms with E-state index in [1.807, 2.05) is 21.6 Å². The van der Waals surface area contributed by atoms with Crippen molar-refractivity contribution in [1.82, 2.24) is 5.32 Å². The van der Waals surface area contributed by atoms with Crippen molar-refractivity contribution in [3.05, 3.63) is 0 Å². The molecule has 0 saturated carbocycles. The Labute approximate surface area is 148 Å². The van der Waals surface area contributed by atoms with Gasteiger partial charge >= 0.3 is 11.9 Å². The predicted octanol–water partition coefficient (Wildman–Crippen LogP) is 2.09. The van der Waals surface area contributed by atoms with Crippen LogP contribution in [0.5, 0.6) is 0 Å². The van der Waals surface area contributed by atoms with Crippen LogP contribution in [0, 0.1) is 0 Å². The van der Waals surface area contributed by atoms with Gasteiger partial charge in [0.15, 0.2) is 5.78 Å². The van der Waals surface area contributed by atoms with Gasteiger partial charge in [-0.25, -0.2) is 0 Å². The van der Waals surface area contributed by atoms with Crippen LogP contribution < -0.4 is 5.32 Å². The fourth-order valence-corrected chi connectivity index (χ4v) is 5.34. The lowest BCUT2D eigenvalue weighted by Crippen LogP contribution is -2.42. The van der Waals surface area contributed by atoms with E-state index < -0.39 is 30.2 Å². The van der Waals surface area contributed by atoms with Gasteiger partial charge in [-0.2, -0.15) is 0 Å². The van der Waals surface area contributed by atoms with Crippen LogP contribution in [-0.2, 0) is 19.2 Å². The van der Waals surface area contributed by atoms with Crippen LogP contribution in [0.15, 0.2) is 0 Å². The van der Waals surface area contributed by atoms with Gasteiger partial charge in [-0.3, -0.25) is 19.2 Å². The molecule has 0 radical (unpaired) electrons. The third-order valence-electron chi connectivity index (χ3n) is 3.60. The number of carbonyl (C=O) groups excluding carboxylic acids is 2. The van der Waals surface area contributed by atoms with Gasteiger partial charge in [0.2, 0.25) is 5.91 Å². The molecule has 1 aliphatic heterocycles. The molecule has 0 aromatic heterocycles. The van der Waals surface area contributed by atoms with Crippen LogP contribution >= 0.6 is 21.6 Å². The summed E-state index contributed by atoms with van der Waals surface area (Å²) in [6.45, 7) is 0. The van der Waals surface area contributed by atoms with Gasteiger partial charge < -0.3 is 15.5 Å². The Morgan fingerprint density at radius 2 is 1.79 bits per heavy atom. The van der Waals surface area contributed by atoms with Crippen LogP contribution in [0.4, 0.5) is 0 Å². The molecule has 1 aliphatic rings. The van der Waals surface area contributed by atoms with Crippen LogP contribution in [0.25, 0.3) is 0 Å². The lowest BCUT2D eigenvalue weighted by molar-refractivity contribution is -0.140. The maximum Gasteiger partial charge on any atom is 0.305 e. The highest BCUT2D eigenvalue weighted by Crippen LogP contribution is 2.39. The maximum atomic E-state index is 11.9. The van der Waals surface area contributed by atoms with Gasteiger partial charge in [0.25, 0.3) is 0 Å². The highest BCUT2D eigenvalue weighted by molar-refractivity contribution is 8.77. The van der Waals surface area contributed by atoms with E-state index in [0.717, 1.165) is 12.8 Å². The molecule has 136 valence electrons. The van der Waals surface area contributed by atoms with E-state index in [-0.39, 0.29) is 25.2 Å². The summed E-state index contributed by atoms with van der Waals surface area (Å²) in [7, 11) is 3.76. The molecule has 1 rings (SSSR count). The van der Waals surface area contributed by atoms with Crippen molar-refractivity contribution in [2.24, 2.45) is 0 Å². The highest BCUT2D eigenvalue weighted by Gasteiger charge is 2.24. The second kappa shape index (κ2) is 11.4. The van der Waals surface area contributed by atoms with E-state index >= 15 is 0 Å². The van der Waals surface area contributed by atoms with Crippen molar-refractivity contribution >= 4 is 45.2 Å². The molecule has 0 bridgehead atoms. The molecule has 0 aliphatic carbocycles. The number of Topliss-reactive ketones (excluding diaryl/α,β-unsaturated/α-hetero) is 1. The molecule has 7 nitrogen and oxygen atoms in total. The van der Waals surface area contributed by atoms with Crippen molar-refractivity contribution in [1.29, 1.82) is 0 Å². The Morgan fingerprint density at radius 3 is 2.38 bits per heavy atom. The van der Waals surface area contributed by atoms with Gasteiger partial charge in [-0.05, 0) is 19.3 Å². The lowest BCUT2D eigenvalue weighted by atomic mass is 10.0. The summed E-state index contributed by atoms with van der Waals surface area (Å²) in [5.74, 6) is -2.09. The number of unbranched alkanes of at least 4 members (excludes halogenated alkanes) is 1. The number of carbonyl (C=O) groups is 4. The number of amides is 1. The van der Waals surface area contributed by atoms with E-state index in [0.29, 0.717) is 11.7 Å². The van der Waals surface area contributed by atoms with Gasteiger partial charge in [0, 0.05) is 23.8 Å². The molecule has 9 heteroatoms. The molecule has 2 unspecified atom stereocenters. The van der Waals surface area contributed by atoms with Crippen LogP contribution in [-0.4, -0.2) is 50.9 Å². The van der Waals surface area contributed by atoms with Crippen LogP contribution in [0.1, 0.15) is 51.4 Å². The summed E-state index contributed by atoms with van der Waals surface area (Å²) in [6, 6.07) is -1.16. The first-order valence-corrected chi connectivity index (χ1v) is 10.3. The molecule has 2 atom stereocenters. The predicted molar refractivity (Wildman–Crippen MR) is 93.0 cm³/mol. The largest absolute Gasteiger partial charge is 0.481 e. The van der Waals surface area contributed by atoms with Gasteiger partial charge in [-0.15, -0.1) is 0 Å². The second-order valence-electron chi connectivity index (χ2n) is 5.65. The van der Waals surface area contributed by atoms with Crippen LogP contribution in [0.2, 0.25) is 0 Å². The molecular formula is C15H23NO6S2. The zero-order valence-corrected chi connectivity index (χ0v) is 15.0. The molecule has 1 amide bonds. The van der Waals surface area contributed by atoms with Crippen molar-refractivity contribution in [3.8, 4) is 0 Å². The van der Waals surface area contributed by atoms with E-state index in [4.69, 9.17) is 10.2 Å². The Balaban J connectivity index is 2.32. The molecule has 0 aromatic carbocycles. The van der Waals surface area contributed by atoms with Gasteiger partial charge in [-0.1, -0.05) is 28.0 Å². The number of nitrogens with one attached hydrogen (secondary N) is 1. The summed E-state index contributed by atoms with van der Waals surface area (Å²) in [5.41, 5.74) is 0. The Kier molecular flexibility index (Phi) is 9.85. The summed E-state index contributed by atoms with van der Waals surface area (Å²) in [6.07, 6.45) is 2.92. The van der Waals surface area contributed by atoms with Gasteiger partial charge in [0.05, 0.1) is 18.9 Å². The second-order valence-corrected chi connectivity index (χ2v) is 8.44. The van der Waals surface area contributed by atoms with Crippen molar-refractivity contribution < 1.29 is 29.4 Å². The Morgan fingerprint density at radius 1 is 1.04 bits per heavy atom.